The van der Waals surface area contributed by atoms with E-state index in [9.17, 15) is 14.4 Å². The molecule has 152 valence electrons. The van der Waals surface area contributed by atoms with E-state index in [0.29, 0.717) is 5.56 Å². The van der Waals surface area contributed by atoms with Crippen LogP contribution in [0.15, 0.2) is 24.3 Å². The molecule has 1 atom stereocenters. The third kappa shape index (κ3) is 8.56. The molecule has 0 bridgehead atoms. The van der Waals surface area contributed by atoms with Crippen molar-refractivity contribution in [1.82, 2.24) is 16.1 Å². The van der Waals surface area contributed by atoms with Crippen LogP contribution in [0.2, 0.25) is 0 Å². The Kier molecular flexibility index (Phi) is 8.99. The molecule has 0 fully saturated rings. The average Bonchev–Trinajstić information content (AvgIpc) is 2.63. The summed E-state index contributed by atoms with van der Waals surface area (Å²) in [5.41, 5.74) is 1.86. The number of carbonyl (C=O) groups is 3. The van der Waals surface area contributed by atoms with Crippen LogP contribution < -0.4 is 16.1 Å². The minimum atomic E-state index is -1.19. The lowest BCUT2D eigenvalue weighted by atomic mass is 10.1. The topological polar surface area (TPSA) is 117 Å². The molecule has 0 unspecified atom stereocenters. The van der Waals surface area contributed by atoms with E-state index in [0.717, 1.165) is 18.4 Å². The van der Waals surface area contributed by atoms with E-state index in [1.165, 1.54) is 5.48 Å². The van der Waals surface area contributed by atoms with Gasteiger partial charge in [-0.2, -0.15) is 0 Å². The van der Waals surface area contributed by atoms with E-state index in [2.05, 4.69) is 22.5 Å². The molecule has 0 aliphatic heterocycles. The Balaban J connectivity index is 2.73. The van der Waals surface area contributed by atoms with Gasteiger partial charge in [-0.25, -0.2) is 10.3 Å². The van der Waals surface area contributed by atoms with E-state index < -0.39 is 29.6 Å². The van der Waals surface area contributed by atoms with Gasteiger partial charge in [-0.1, -0.05) is 18.8 Å². The number of hydrogen-bond acceptors (Lipinski definition) is 5. The zero-order valence-corrected chi connectivity index (χ0v) is 16.6. The number of nitrogens with one attached hydrogen (secondary N) is 3. The molecule has 1 aromatic carbocycles. The van der Waals surface area contributed by atoms with Crippen molar-refractivity contribution in [3.8, 4) is 11.8 Å². The van der Waals surface area contributed by atoms with Crippen molar-refractivity contribution in [2.45, 2.75) is 52.2 Å². The zero-order chi connectivity index (χ0) is 21.2. The Morgan fingerprint density at radius 2 is 1.82 bits per heavy atom. The highest BCUT2D eigenvalue weighted by molar-refractivity contribution is 5.97. The highest BCUT2D eigenvalue weighted by Crippen LogP contribution is 2.07. The predicted molar refractivity (Wildman–Crippen MR) is 104 cm³/mol. The van der Waals surface area contributed by atoms with Gasteiger partial charge in [-0.05, 0) is 51.5 Å². The van der Waals surface area contributed by atoms with Crippen molar-refractivity contribution in [2.24, 2.45) is 0 Å². The summed E-state index contributed by atoms with van der Waals surface area (Å²) in [4.78, 5) is 35.9. The summed E-state index contributed by atoms with van der Waals surface area (Å²) in [6.45, 7) is 6.88. The molecule has 1 rings (SSSR count). The number of rotatable bonds is 6. The number of hydrogen-bond donors (Lipinski definition) is 4. The van der Waals surface area contributed by atoms with E-state index in [4.69, 9.17) is 9.94 Å². The molecule has 0 saturated carbocycles. The van der Waals surface area contributed by atoms with Crippen LogP contribution in [-0.4, -0.2) is 41.3 Å². The van der Waals surface area contributed by atoms with Gasteiger partial charge in [-0.3, -0.25) is 14.8 Å². The lowest BCUT2D eigenvalue weighted by molar-refractivity contribution is -0.131. The number of ether oxygens (including phenoxy) is 1. The molecule has 0 saturated heterocycles. The number of benzene rings is 1. The Labute approximate surface area is 165 Å². The summed E-state index contributed by atoms with van der Waals surface area (Å²) >= 11 is 0. The normalized spacial score (nSPS) is 11.5. The van der Waals surface area contributed by atoms with Crippen LogP contribution in [0.1, 0.15) is 56.5 Å². The summed E-state index contributed by atoms with van der Waals surface area (Å²) in [6, 6.07) is 5.39. The quantitative estimate of drug-likeness (QED) is 0.337. The summed E-state index contributed by atoms with van der Waals surface area (Å²) in [6.07, 6.45) is 1.02. The van der Waals surface area contributed by atoms with E-state index in [1.54, 1.807) is 45.0 Å². The molecule has 28 heavy (non-hydrogen) atoms. The second kappa shape index (κ2) is 10.9. The molecule has 8 heteroatoms. The molecular formula is C20H27N3O5. The Morgan fingerprint density at radius 1 is 1.18 bits per heavy atom. The van der Waals surface area contributed by atoms with Gasteiger partial charge in [0, 0.05) is 17.5 Å². The summed E-state index contributed by atoms with van der Waals surface area (Å²) in [5.74, 6) is 4.60. The largest absolute Gasteiger partial charge is 0.444 e. The third-order valence-electron chi connectivity index (χ3n) is 3.34. The lowest BCUT2D eigenvalue weighted by Gasteiger charge is -2.21. The first-order valence-electron chi connectivity index (χ1n) is 8.97. The number of alkyl carbamates (subject to hydrolysis) is 1. The maximum Gasteiger partial charge on any atom is 0.407 e. The number of unbranched alkanes of at least 4 members (excludes halogenated alkanes) is 1. The predicted octanol–water partition coefficient (Wildman–Crippen LogP) is 1.97. The highest BCUT2D eigenvalue weighted by Gasteiger charge is 2.23. The van der Waals surface area contributed by atoms with Crippen LogP contribution in [-0.2, 0) is 9.53 Å². The first-order chi connectivity index (χ1) is 13.2. The Hall–Kier alpha value is -3.05. The monoisotopic (exact) mass is 389 g/mol. The number of hydroxylamine groups is 1. The third-order valence-corrected chi connectivity index (χ3v) is 3.34. The van der Waals surface area contributed by atoms with Crippen LogP contribution in [0.3, 0.4) is 0 Å². The molecule has 0 spiro atoms. The van der Waals surface area contributed by atoms with Crippen molar-refractivity contribution >= 4 is 17.9 Å². The molecule has 0 aliphatic rings. The molecule has 0 radical (unpaired) electrons. The maximum atomic E-state index is 12.4. The fourth-order valence-electron chi connectivity index (χ4n) is 2.02. The van der Waals surface area contributed by atoms with Crippen molar-refractivity contribution in [3.05, 3.63) is 35.4 Å². The van der Waals surface area contributed by atoms with Gasteiger partial charge in [0.25, 0.3) is 11.8 Å². The molecule has 4 N–H and O–H groups in total. The molecule has 0 aromatic heterocycles. The molecular weight excluding hydrogens is 362 g/mol. The average molecular weight is 389 g/mol. The van der Waals surface area contributed by atoms with Crippen molar-refractivity contribution in [2.75, 3.05) is 6.54 Å². The SMILES string of the molecule is CCCC#Cc1ccc(C(=O)N[C@@H](CNC(=O)OC(C)(C)C)C(=O)NO)cc1. The van der Waals surface area contributed by atoms with Crippen LogP contribution in [0.4, 0.5) is 4.79 Å². The van der Waals surface area contributed by atoms with Gasteiger partial charge >= 0.3 is 6.09 Å². The van der Waals surface area contributed by atoms with Gasteiger partial charge in [0.15, 0.2) is 0 Å². The second-order valence-corrected chi connectivity index (χ2v) is 7.01. The lowest BCUT2D eigenvalue weighted by Crippen LogP contribution is -2.52. The first-order valence-corrected chi connectivity index (χ1v) is 8.97. The van der Waals surface area contributed by atoms with Crippen molar-refractivity contribution < 1.29 is 24.3 Å². The first kappa shape index (κ1) is 23.0. The smallest absolute Gasteiger partial charge is 0.407 e. The fourth-order valence-corrected chi connectivity index (χ4v) is 2.02. The standard InChI is InChI=1S/C20H27N3O5/c1-5-6-7-8-14-9-11-15(12-10-14)17(24)22-16(18(25)23-27)13-21-19(26)28-20(2,3)4/h9-12,16,27H,5-6,13H2,1-4H3,(H,21,26)(H,22,24)(H,23,25)/t16-/m0/s1. The van der Waals surface area contributed by atoms with Crippen molar-refractivity contribution in [3.63, 3.8) is 0 Å². The van der Waals surface area contributed by atoms with Crippen LogP contribution >= 0.6 is 0 Å². The van der Waals surface area contributed by atoms with Crippen LogP contribution in [0.25, 0.3) is 0 Å². The van der Waals surface area contributed by atoms with Gasteiger partial charge in [-0.15, -0.1) is 0 Å². The van der Waals surface area contributed by atoms with E-state index >= 15 is 0 Å². The van der Waals surface area contributed by atoms with Crippen molar-refractivity contribution in [1.29, 1.82) is 0 Å². The van der Waals surface area contributed by atoms with Gasteiger partial charge in [0.05, 0.1) is 6.54 Å². The summed E-state index contributed by atoms with van der Waals surface area (Å²) in [7, 11) is 0. The fraction of sp³-hybridized carbons (Fsp3) is 0.450. The Bertz CT molecular complexity index is 742. The zero-order valence-electron chi connectivity index (χ0n) is 16.6. The molecule has 3 amide bonds. The van der Waals surface area contributed by atoms with Gasteiger partial charge in [0.1, 0.15) is 11.6 Å². The minimum Gasteiger partial charge on any atom is -0.444 e. The van der Waals surface area contributed by atoms with Gasteiger partial charge in [0.2, 0.25) is 0 Å². The molecule has 0 aliphatic carbocycles. The number of carbonyl (C=O) groups excluding carboxylic acids is 3. The second-order valence-electron chi connectivity index (χ2n) is 7.01. The summed E-state index contributed by atoms with van der Waals surface area (Å²) in [5, 5.41) is 13.7. The van der Waals surface area contributed by atoms with Crippen LogP contribution in [0.5, 0.6) is 0 Å². The molecule has 0 heterocycles. The van der Waals surface area contributed by atoms with E-state index in [-0.39, 0.29) is 6.54 Å². The van der Waals surface area contributed by atoms with Gasteiger partial charge < -0.3 is 15.4 Å². The molecule has 1 aromatic rings. The van der Waals surface area contributed by atoms with E-state index in [1.807, 2.05) is 6.92 Å². The minimum absolute atomic E-state index is 0.256. The molecule has 8 nitrogen and oxygen atoms in total. The highest BCUT2D eigenvalue weighted by atomic mass is 16.6. The summed E-state index contributed by atoms with van der Waals surface area (Å²) < 4.78 is 5.07. The maximum absolute atomic E-state index is 12.4. The number of amides is 3. The van der Waals surface area contributed by atoms with Crippen LogP contribution in [0, 0.1) is 11.8 Å². The Morgan fingerprint density at radius 3 is 2.36 bits per heavy atom.